The molecular formula is C10H19FO. The Morgan fingerprint density at radius 3 is 1.75 bits per heavy atom. The van der Waals surface area contributed by atoms with Gasteiger partial charge < -0.3 is 4.74 Å². The van der Waals surface area contributed by atoms with E-state index < -0.39 is 6.17 Å². The van der Waals surface area contributed by atoms with E-state index in [2.05, 4.69) is 13.8 Å². The lowest BCUT2D eigenvalue weighted by Gasteiger charge is -2.48. The van der Waals surface area contributed by atoms with Gasteiger partial charge in [-0.2, -0.15) is 0 Å². The Morgan fingerprint density at radius 1 is 1.17 bits per heavy atom. The van der Waals surface area contributed by atoms with Gasteiger partial charge in [-0.15, -0.1) is 0 Å². The van der Waals surface area contributed by atoms with Crippen molar-refractivity contribution in [2.45, 2.75) is 33.9 Å². The normalized spacial score (nSPS) is 24.2. The lowest BCUT2D eigenvalue weighted by atomic mass is 9.69. The minimum absolute atomic E-state index is 0.108. The highest BCUT2D eigenvalue weighted by Gasteiger charge is 2.49. The molecule has 1 rings (SSSR count). The summed E-state index contributed by atoms with van der Waals surface area (Å²) in [5.74, 6) is 0.486. The van der Waals surface area contributed by atoms with E-state index in [1.54, 1.807) is 0 Å². The first kappa shape index (κ1) is 9.97. The highest BCUT2D eigenvalue weighted by molar-refractivity contribution is 4.95. The monoisotopic (exact) mass is 174 g/mol. The summed E-state index contributed by atoms with van der Waals surface area (Å²) in [7, 11) is 0. The summed E-state index contributed by atoms with van der Waals surface area (Å²) in [5.41, 5.74) is -0.186. The largest absolute Gasteiger partial charge is 0.380 e. The molecule has 72 valence electrons. The van der Waals surface area contributed by atoms with Crippen LogP contribution >= 0.6 is 0 Å². The van der Waals surface area contributed by atoms with Crippen LogP contribution < -0.4 is 0 Å². The highest BCUT2D eigenvalue weighted by atomic mass is 19.1. The number of hydrogen-bond acceptors (Lipinski definition) is 1. The maximum Gasteiger partial charge on any atom is 0.113 e. The number of ether oxygens (including phenoxy) is 1. The second kappa shape index (κ2) is 3.33. The van der Waals surface area contributed by atoms with E-state index in [0.29, 0.717) is 19.1 Å². The molecule has 0 unspecified atom stereocenters. The maximum atomic E-state index is 13.8. The Balaban J connectivity index is 2.66. The van der Waals surface area contributed by atoms with Crippen molar-refractivity contribution in [2.24, 2.45) is 17.3 Å². The third-order valence-corrected chi connectivity index (χ3v) is 3.03. The average Bonchev–Trinajstić information content (AvgIpc) is 1.83. The third-order valence-electron chi connectivity index (χ3n) is 3.03. The minimum atomic E-state index is -0.716. The second-order valence-electron chi connectivity index (χ2n) is 4.53. The van der Waals surface area contributed by atoms with Gasteiger partial charge in [0.2, 0.25) is 0 Å². The molecule has 0 amide bonds. The molecule has 1 aliphatic heterocycles. The van der Waals surface area contributed by atoms with Crippen molar-refractivity contribution in [2.75, 3.05) is 13.2 Å². The van der Waals surface area contributed by atoms with Crippen LogP contribution in [0.25, 0.3) is 0 Å². The minimum Gasteiger partial charge on any atom is -0.380 e. The Hall–Kier alpha value is -0.110. The van der Waals surface area contributed by atoms with E-state index in [0.717, 1.165) is 0 Å². The zero-order chi connectivity index (χ0) is 9.35. The SMILES string of the molecule is CC(C)[C@@H](F)C1(C(C)C)COC1. The van der Waals surface area contributed by atoms with Gasteiger partial charge in [-0.05, 0) is 11.8 Å². The van der Waals surface area contributed by atoms with Gasteiger partial charge in [0.15, 0.2) is 0 Å². The molecule has 0 N–H and O–H groups in total. The molecule has 0 aromatic heterocycles. The van der Waals surface area contributed by atoms with Crippen LogP contribution in [0.1, 0.15) is 27.7 Å². The standard InChI is InChI=1S/C10H19FO/c1-7(2)9(11)10(8(3)4)5-12-6-10/h7-9H,5-6H2,1-4H3/t9-/m1/s1. The van der Waals surface area contributed by atoms with Gasteiger partial charge in [0, 0.05) is 0 Å². The van der Waals surface area contributed by atoms with E-state index in [9.17, 15) is 4.39 Å². The summed E-state index contributed by atoms with van der Waals surface area (Å²) in [6.07, 6.45) is -0.716. The van der Waals surface area contributed by atoms with Gasteiger partial charge >= 0.3 is 0 Å². The predicted octanol–water partition coefficient (Wildman–Crippen LogP) is 2.65. The molecule has 0 radical (unpaired) electrons. The molecule has 0 aromatic rings. The molecule has 12 heavy (non-hydrogen) atoms. The summed E-state index contributed by atoms with van der Waals surface area (Å²) < 4.78 is 18.9. The fourth-order valence-electron chi connectivity index (χ4n) is 1.81. The zero-order valence-corrected chi connectivity index (χ0v) is 8.43. The van der Waals surface area contributed by atoms with Gasteiger partial charge in [0.05, 0.1) is 18.6 Å². The van der Waals surface area contributed by atoms with Crippen LogP contribution in [0.15, 0.2) is 0 Å². The van der Waals surface area contributed by atoms with E-state index >= 15 is 0 Å². The molecule has 0 aliphatic carbocycles. The first-order valence-corrected chi connectivity index (χ1v) is 4.72. The Morgan fingerprint density at radius 2 is 1.67 bits per heavy atom. The number of hydrogen-bond donors (Lipinski definition) is 0. The summed E-state index contributed by atoms with van der Waals surface area (Å²) in [6.45, 7) is 9.24. The molecular weight excluding hydrogens is 155 g/mol. The molecule has 1 fully saturated rings. The van der Waals surface area contributed by atoms with Crippen molar-refractivity contribution in [3.63, 3.8) is 0 Å². The molecule has 0 aromatic carbocycles. The van der Waals surface area contributed by atoms with E-state index in [4.69, 9.17) is 4.74 Å². The third kappa shape index (κ3) is 1.37. The van der Waals surface area contributed by atoms with Crippen molar-refractivity contribution in [1.82, 2.24) is 0 Å². The summed E-state index contributed by atoms with van der Waals surface area (Å²) >= 11 is 0. The van der Waals surface area contributed by atoms with Crippen LogP contribution in [0.3, 0.4) is 0 Å². The number of alkyl halides is 1. The zero-order valence-electron chi connectivity index (χ0n) is 8.43. The van der Waals surface area contributed by atoms with E-state index in [1.807, 2.05) is 13.8 Å². The molecule has 1 heterocycles. The Bertz CT molecular complexity index is 150. The maximum absolute atomic E-state index is 13.8. The smallest absolute Gasteiger partial charge is 0.113 e. The van der Waals surface area contributed by atoms with E-state index in [1.165, 1.54) is 0 Å². The Labute approximate surface area is 74.3 Å². The lowest BCUT2D eigenvalue weighted by molar-refractivity contribution is -0.185. The van der Waals surface area contributed by atoms with Gasteiger partial charge in [-0.1, -0.05) is 27.7 Å². The van der Waals surface area contributed by atoms with Crippen molar-refractivity contribution in [3.8, 4) is 0 Å². The van der Waals surface area contributed by atoms with Crippen LogP contribution in [0.2, 0.25) is 0 Å². The molecule has 1 nitrogen and oxygen atoms in total. The fraction of sp³-hybridized carbons (Fsp3) is 1.00. The highest BCUT2D eigenvalue weighted by Crippen LogP contribution is 2.43. The first-order chi connectivity index (χ1) is 5.50. The molecule has 2 heteroatoms. The topological polar surface area (TPSA) is 9.23 Å². The summed E-state index contributed by atoms with van der Waals surface area (Å²) in [4.78, 5) is 0. The van der Waals surface area contributed by atoms with Crippen molar-refractivity contribution in [3.05, 3.63) is 0 Å². The molecule has 1 atom stereocenters. The second-order valence-corrected chi connectivity index (χ2v) is 4.53. The van der Waals surface area contributed by atoms with Gasteiger partial charge in [-0.3, -0.25) is 0 Å². The lowest BCUT2D eigenvalue weighted by Crippen LogP contribution is -2.55. The van der Waals surface area contributed by atoms with Crippen LogP contribution in [0.5, 0.6) is 0 Å². The van der Waals surface area contributed by atoms with Crippen LogP contribution in [0, 0.1) is 17.3 Å². The van der Waals surface area contributed by atoms with Crippen molar-refractivity contribution in [1.29, 1.82) is 0 Å². The van der Waals surface area contributed by atoms with Crippen LogP contribution in [-0.4, -0.2) is 19.4 Å². The van der Waals surface area contributed by atoms with Crippen molar-refractivity contribution < 1.29 is 9.13 Å². The van der Waals surface area contributed by atoms with Gasteiger partial charge in [0.25, 0.3) is 0 Å². The number of rotatable bonds is 3. The summed E-state index contributed by atoms with van der Waals surface area (Å²) in [5, 5.41) is 0. The van der Waals surface area contributed by atoms with Crippen LogP contribution in [-0.2, 0) is 4.74 Å². The fourth-order valence-corrected chi connectivity index (χ4v) is 1.81. The Kier molecular flexibility index (Phi) is 2.77. The van der Waals surface area contributed by atoms with Crippen LogP contribution in [0.4, 0.5) is 4.39 Å². The molecule has 1 aliphatic rings. The molecule has 0 bridgehead atoms. The molecule has 1 saturated heterocycles. The van der Waals surface area contributed by atoms with Crippen molar-refractivity contribution >= 4 is 0 Å². The first-order valence-electron chi connectivity index (χ1n) is 4.72. The molecule has 0 spiro atoms. The van der Waals surface area contributed by atoms with Gasteiger partial charge in [0.1, 0.15) is 6.17 Å². The number of halogens is 1. The molecule has 0 saturated carbocycles. The summed E-state index contributed by atoms with van der Waals surface area (Å²) in [6, 6.07) is 0. The van der Waals surface area contributed by atoms with Gasteiger partial charge in [-0.25, -0.2) is 4.39 Å². The predicted molar refractivity (Wildman–Crippen MR) is 47.8 cm³/mol. The average molecular weight is 174 g/mol. The quantitative estimate of drug-likeness (QED) is 0.639. The van der Waals surface area contributed by atoms with E-state index in [-0.39, 0.29) is 11.3 Å².